The van der Waals surface area contributed by atoms with Gasteiger partial charge in [-0.05, 0) is 30.0 Å². The highest BCUT2D eigenvalue weighted by Gasteiger charge is 2.08. The molecule has 3 rings (SSSR count). The molecule has 2 heterocycles. The van der Waals surface area contributed by atoms with Gasteiger partial charge < -0.3 is 4.57 Å². The molecule has 0 fully saturated rings. The van der Waals surface area contributed by atoms with Crippen LogP contribution in [0, 0.1) is 0 Å². The highest BCUT2D eigenvalue weighted by atomic mass is 35.5. The number of aromatic nitrogens is 1. The van der Waals surface area contributed by atoms with Crippen LogP contribution in [0.5, 0.6) is 0 Å². The minimum absolute atomic E-state index is 0.687. The first-order valence-corrected chi connectivity index (χ1v) is 8.95. The van der Waals surface area contributed by atoms with Gasteiger partial charge in [0.1, 0.15) is 0 Å². The van der Waals surface area contributed by atoms with Crippen molar-refractivity contribution < 1.29 is 0 Å². The zero-order valence-corrected chi connectivity index (χ0v) is 14.0. The maximum atomic E-state index is 6.21. The third-order valence-electron chi connectivity index (χ3n) is 3.09. The van der Waals surface area contributed by atoms with E-state index in [1.807, 2.05) is 24.3 Å². The van der Waals surface area contributed by atoms with Gasteiger partial charge in [-0.15, -0.1) is 22.7 Å². The van der Waals surface area contributed by atoms with Crippen molar-refractivity contribution in [2.75, 3.05) is 0 Å². The third kappa shape index (κ3) is 3.12. The molecule has 0 saturated carbocycles. The first-order valence-electron chi connectivity index (χ1n) is 6.81. The van der Waals surface area contributed by atoms with E-state index >= 15 is 0 Å². The fourth-order valence-corrected chi connectivity index (χ4v) is 4.07. The Morgan fingerprint density at radius 3 is 2.71 bits per heavy atom. The lowest BCUT2D eigenvalue weighted by Gasteiger charge is -2.06. The topological polar surface area (TPSA) is 17.3 Å². The summed E-state index contributed by atoms with van der Waals surface area (Å²) in [7, 11) is 0. The van der Waals surface area contributed by atoms with Crippen LogP contribution in [0.4, 0.5) is 5.69 Å². The number of thiazole rings is 1. The molecule has 1 aromatic carbocycles. The van der Waals surface area contributed by atoms with Crippen molar-refractivity contribution in [2.45, 2.75) is 19.9 Å². The molecule has 0 atom stereocenters. The maximum Gasteiger partial charge on any atom is 0.190 e. The molecule has 3 aromatic rings. The van der Waals surface area contributed by atoms with Crippen molar-refractivity contribution in [1.82, 2.24) is 4.57 Å². The van der Waals surface area contributed by atoms with Crippen LogP contribution in [0.25, 0.3) is 10.6 Å². The summed E-state index contributed by atoms with van der Waals surface area (Å²) >= 11 is 9.63. The normalized spacial score (nSPS) is 12.0. The van der Waals surface area contributed by atoms with Crippen LogP contribution >= 0.6 is 34.3 Å². The van der Waals surface area contributed by atoms with Gasteiger partial charge in [-0.2, -0.15) is 0 Å². The number of rotatable bonds is 4. The molecule has 0 N–H and O–H groups in total. The maximum absolute atomic E-state index is 6.21. The second-order valence-electron chi connectivity index (χ2n) is 4.60. The number of hydrogen-bond donors (Lipinski definition) is 0. The van der Waals surface area contributed by atoms with E-state index in [9.17, 15) is 0 Å². The van der Waals surface area contributed by atoms with E-state index in [0.29, 0.717) is 5.02 Å². The van der Waals surface area contributed by atoms with Crippen molar-refractivity contribution >= 4 is 40.0 Å². The Bertz CT molecular complexity index is 785. The summed E-state index contributed by atoms with van der Waals surface area (Å²) in [5.41, 5.74) is 2.06. The highest BCUT2D eigenvalue weighted by molar-refractivity contribution is 7.14. The lowest BCUT2D eigenvalue weighted by atomic mass is 10.3. The molecular formula is C16H15ClN2S2. The zero-order valence-electron chi connectivity index (χ0n) is 11.6. The van der Waals surface area contributed by atoms with Crippen molar-refractivity contribution in [3.8, 4) is 10.6 Å². The Balaban J connectivity index is 2.13. The predicted molar refractivity (Wildman–Crippen MR) is 92.6 cm³/mol. The van der Waals surface area contributed by atoms with Crippen LogP contribution in [-0.4, -0.2) is 4.57 Å². The van der Waals surface area contributed by atoms with Gasteiger partial charge in [-0.25, -0.2) is 4.99 Å². The number of nitrogens with zero attached hydrogens (tertiary/aromatic N) is 2. The summed E-state index contributed by atoms with van der Waals surface area (Å²) in [4.78, 5) is 7.02. The van der Waals surface area contributed by atoms with Crippen molar-refractivity contribution in [2.24, 2.45) is 4.99 Å². The van der Waals surface area contributed by atoms with Crippen LogP contribution in [0.3, 0.4) is 0 Å². The van der Waals surface area contributed by atoms with E-state index in [-0.39, 0.29) is 0 Å². The summed E-state index contributed by atoms with van der Waals surface area (Å²) in [6, 6.07) is 11.9. The molecule has 0 radical (unpaired) electrons. The van der Waals surface area contributed by atoms with Crippen LogP contribution in [-0.2, 0) is 6.54 Å². The lowest BCUT2D eigenvalue weighted by Crippen LogP contribution is -2.15. The largest absolute Gasteiger partial charge is 0.316 e. The molecule has 0 aliphatic heterocycles. The quantitative estimate of drug-likeness (QED) is 0.593. The van der Waals surface area contributed by atoms with Crippen molar-refractivity contribution in [3.05, 3.63) is 57.0 Å². The minimum atomic E-state index is 0.687. The van der Waals surface area contributed by atoms with Gasteiger partial charge in [-0.3, -0.25) is 0 Å². The number of hydrogen-bond acceptors (Lipinski definition) is 3. The SMILES string of the molecule is CCCn1c(-c2cccs2)csc1=Nc1ccccc1Cl. The monoisotopic (exact) mass is 334 g/mol. The average molecular weight is 335 g/mol. The van der Waals surface area contributed by atoms with E-state index in [1.54, 1.807) is 22.7 Å². The predicted octanol–water partition coefficient (Wildman–Crippen LogP) is 5.57. The fraction of sp³-hybridized carbons (Fsp3) is 0.188. The average Bonchev–Trinajstić information content (AvgIpc) is 3.12. The molecular weight excluding hydrogens is 320 g/mol. The minimum Gasteiger partial charge on any atom is -0.316 e. The summed E-state index contributed by atoms with van der Waals surface area (Å²) in [5, 5.41) is 4.97. The molecule has 0 aliphatic carbocycles. The zero-order chi connectivity index (χ0) is 14.7. The Morgan fingerprint density at radius 1 is 1.14 bits per heavy atom. The Morgan fingerprint density at radius 2 is 2.00 bits per heavy atom. The molecule has 0 unspecified atom stereocenters. The molecule has 0 spiro atoms. The molecule has 0 aliphatic rings. The summed E-state index contributed by atoms with van der Waals surface area (Å²) in [6.45, 7) is 3.14. The Kier molecular flexibility index (Phi) is 4.58. The summed E-state index contributed by atoms with van der Waals surface area (Å²) in [6.07, 6.45) is 1.07. The van der Waals surface area contributed by atoms with E-state index in [4.69, 9.17) is 16.6 Å². The van der Waals surface area contributed by atoms with E-state index < -0.39 is 0 Å². The van der Waals surface area contributed by atoms with Crippen molar-refractivity contribution in [3.63, 3.8) is 0 Å². The van der Waals surface area contributed by atoms with Gasteiger partial charge in [-0.1, -0.05) is 36.7 Å². The number of para-hydroxylation sites is 1. The molecule has 2 nitrogen and oxygen atoms in total. The van der Waals surface area contributed by atoms with Crippen LogP contribution in [0.2, 0.25) is 5.02 Å². The van der Waals surface area contributed by atoms with E-state index in [0.717, 1.165) is 23.5 Å². The molecule has 0 amide bonds. The number of thiophene rings is 1. The summed E-state index contributed by atoms with van der Waals surface area (Å²) < 4.78 is 2.28. The number of benzene rings is 1. The van der Waals surface area contributed by atoms with E-state index in [2.05, 4.69) is 34.4 Å². The molecule has 0 saturated heterocycles. The molecule has 0 bridgehead atoms. The van der Waals surface area contributed by atoms with Gasteiger partial charge in [0.15, 0.2) is 4.80 Å². The van der Waals surface area contributed by atoms with Gasteiger partial charge >= 0.3 is 0 Å². The highest BCUT2D eigenvalue weighted by Crippen LogP contribution is 2.27. The Labute approximate surface area is 137 Å². The van der Waals surface area contributed by atoms with Crippen LogP contribution in [0.1, 0.15) is 13.3 Å². The number of halogens is 1. The van der Waals surface area contributed by atoms with Gasteiger partial charge in [0.05, 0.1) is 21.3 Å². The van der Waals surface area contributed by atoms with Gasteiger partial charge in [0.2, 0.25) is 0 Å². The molecule has 21 heavy (non-hydrogen) atoms. The molecule has 108 valence electrons. The van der Waals surface area contributed by atoms with Crippen LogP contribution < -0.4 is 4.80 Å². The molecule has 5 heteroatoms. The van der Waals surface area contributed by atoms with Gasteiger partial charge in [0, 0.05) is 11.9 Å². The van der Waals surface area contributed by atoms with Gasteiger partial charge in [0.25, 0.3) is 0 Å². The summed E-state index contributed by atoms with van der Waals surface area (Å²) in [5.74, 6) is 0. The first-order chi connectivity index (χ1) is 10.3. The van der Waals surface area contributed by atoms with Crippen molar-refractivity contribution in [1.29, 1.82) is 0 Å². The fourth-order valence-electron chi connectivity index (χ4n) is 2.13. The standard InChI is InChI=1S/C16H15ClN2S2/c1-2-9-19-14(15-8-5-10-20-15)11-21-16(19)18-13-7-4-3-6-12(13)17/h3-8,10-11H,2,9H2,1H3. The van der Waals surface area contributed by atoms with E-state index in [1.165, 1.54) is 10.6 Å². The molecule has 2 aromatic heterocycles. The third-order valence-corrected chi connectivity index (χ3v) is 5.16. The van der Waals surface area contributed by atoms with Crippen LogP contribution in [0.15, 0.2) is 52.2 Å². The second kappa shape index (κ2) is 6.60. The lowest BCUT2D eigenvalue weighted by molar-refractivity contribution is 0.668. The first kappa shape index (κ1) is 14.6. The smallest absolute Gasteiger partial charge is 0.190 e. The Hall–Kier alpha value is -1.36. The second-order valence-corrected chi connectivity index (χ2v) is 6.79.